The Labute approximate surface area is 209 Å². The van der Waals surface area contributed by atoms with Crippen molar-refractivity contribution >= 4 is 5.69 Å². The summed E-state index contributed by atoms with van der Waals surface area (Å²) in [5, 5.41) is 11.1. The van der Waals surface area contributed by atoms with Gasteiger partial charge in [0.25, 0.3) is 5.56 Å². The van der Waals surface area contributed by atoms with Crippen molar-refractivity contribution in [2.75, 3.05) is 31.1 Å². The summed E-state index contributed by atoms with van der Waals surface area (Å²) in [6.07, 6.45) is 1.69. The summed E-state index contributed by atoms with van der Waals surface area (Å²) >= 11 is 0. The number of hydrogen-bond donors (Lipinski definition) is 1. The second-order valence-corrected chi connectivity index (χ2v) is 9.11. The van der Waals surface area contributed by atoms with Crippen LogP contribution in [0.15, 0.2) is 89.9 Å². The molecule has 36 heavy (non-hydrogen) atoms. The first kappa shape index (κ1) is 23.8. The number of piperazine rings is 1. The second-order valence-electron chi connectivity index (χ2n) is 9.11. The maximum absolute atomic E-state index is 14.3. The summed E-state index contributed by atoms with van der Waals surface area (Å²) in [5.74, 6) is -0.449. The van der Waals surface area contributed by atoms with Crippen molar-refractivity contribution in [1.82, 2.24) is 14.5 Å². The van der Waals surface area contributed by atoms with Gasteiger partial charge in [-0.1, -0.05) is 36.4 Å². The molecule has 5 rings (SSSR count). The highest BCUT2D eigenvalue weighted by Gasteiger charge is 2.32. The monoisotopic (exact) mass is 484 g/mol. The molecule has 0 amide bonds. The molecule has 7 heteroatoms. The van der Waals surface area contributed by atoms with E-state index >= 15 is 0 Å². The number of aryl methyl sites for hydroxylation is 1. The highest BCUT2D eigenvalue weighted by Crippen LogP contribution is 2.34. The molecule has 0 unspecified atom stereocenters. The minimum Gasteiger partial charge on any atom is -0.507 e. The van der Waals surface area contributed by atoms with Crippen LogP contribution in [0.1, 0.15) is 28.6 Å². The maximum Gasteiger partial charge on any atom is 0.260 e. The van der Waals surface area contributed by atoms with Gasteiger partial charge in [0.1, 0.15) is 11.6 Å². The van der Waals surface area contributed by atoms with E-state index in [0.29, 0.717) is 24.3 Å². The molecule has 0 radical (unpaired) electrons. The Bertz CT molecular complexity index is 1380. The van der Waals surface area contributed by atoms with Crippen molar-refractivity contribution in [3.8, 4) is 5.75 Å². The molecule has 1 aliphatic heterocycles. The minimum atomic E-state index is -0.582. The smallest absolute Gasteiger partial charge is 0.260 e. The Balaban J connectivity index is 1.54. The fraction of sp³-hybridized carbons (Fsp3) is 0.241. The fourth-order valence-corrected chi connectivity index (χ4v) is 4.99. The topological polar surface area (TPSA) is 61.6 Å². The third-order valence-corrected chi connectivity index (χ3v) is 6.81. The molecular weight excluding hydrogens is 455 g/mol. The standard InChI is InChI=1S/C29H29FN4O2/c1-21-18-26(35)27(29(36)34(21)20-24-10-5-6-13-31-24)28(22-8-7-9-23(30)19-22)33-16-14-32(15-17-33)25-11-3-2-4-12-25/h2-13,18-19,28,35H,14-17,20H2,1H3/t28-/m1/s1. The molecular formula is C29H29FN4O2. The number of pyridine rings is 2. The highest BCUT2D eigenvalue weighted by atomic mass is 19.1. The van der Waals surface area contributed by atoms with Crippen LogP contribution < -0.4 is 10.5 Å². The Hall–Kier alpha value is -3.97. The lowest BCUT2D eigenvalue weighted by Crippen LogP contribution is -2.49. The van der Waals surface area contributed by atoms with Crippen molar-refractivity contribution in [2.45, 2.75) is 19.5 Å². The Morgan fingerprint density at radius 1 is 0.944 bits per heavy atom. The van der Waals surface area contributed by atoms with Gasteiger partial charge in [0.15, 0.2) is 0 Å². The second kappa shape index (κ2) is 10.3. The lowest BCUT2D eigenvalue weighted by atomic mass is 9.95. The van der Waals surface area contributed by atoms with Crippen LogP contribution in [0.4, 0.5) is 10.1 Å². The van der Waals surface area contributed by atoms with E-state index in [1.165, 1.54) is 12.1 Å². The molecule has 1 atom stereocenters. The van der Waals surface area contributed by atoms with E-state index in [9.17, 15) is 14.3 Å². The van der Waals surface area contributed by atoms with E-state index in [2.05, 4.69) is 26.9 Å². The summed E-state index contributed by atoms with van der Waals surface area (Å²) in [6, 6.07) is 23.1. The summed E-state index contributed by atoms with van der Waals surface area (Å²) < 4.78 is 16.0. The van der Waals surface area contributed by atoms with Crippen molar-refractivity contribution in [1.29, 1.82) is 0 Å². The van der Waals surface area contributed by atoms with Crippen molar-refractivity contribution in [3.63, 3.8) is 0 Å². The van der Waals surface area contributed by atoms with Gasteiger partial charge in [-0.3, -0.25) is 14.7 Å². The molecule has 2 aromatic carbocycles. The van der Waals surface area contributed by atoms with Crippen LogP contribution in [0.5, 0.6) is 5.75 Å². The summed E-state index contributed by atoms with van der Waals surface area (Å²) in [5.41, 5.74) is 3.14. The number of nitrogens with zero attached hydrogens (tertiary/aromatic N) is 4. The molecule has 0 saturated carbocycles. The van der Waals surface area contributed by atoms with Gasteiger partial charge >= 0.3 is 0 Å². The Morgan fingerprint density at radius 2 is 1.69 bits per heavy atom. The van der Waals surface area contributed by atoms with Gasteiger partial charge in [-0.05, 0) is 55.0 Å². The van der Waals surface area contributed by atoms with E-state index in [1.807, 2.05) is 42.5 Å². The maximum atomic E-state index is 14.3. The SMILES string of the molecule is Cc1cc(O)c([C@@H](c2cccc(F)c2)N2CCN(c3ccccc3)CC2)c(=O)n1Cc1ccccn1. The van der Waals surface area contributed by atoms with E-state index < -0.39 is 6.04 Å². The van der Waals surface area contributed by atoms with Gasteiger partial charge in [0.2, 0.25) is 0 Å². The summed E-state index contributed by atoms with van der Waals surface area (Å²) in [7, 11) is 0. The van der Waals surface area contributed by atoms with E-state index in [-0.39, 0.29) is 29.2 Å². The first-order chi connectivity index (χ1) is 17.5. The van der Waals surface area contributed by atoms with E-state index in [0.717, 1.165) is 24.5 Å². The lowest BCUT2D eigenvalue weighted by molar-refractivity contribution is 0.207. The average molecular weight is 485 g/mol. The molecule has 1 aliphatic rings. The van der Waals surface area contributed by atoms with Gasteiger partial charge in [-0.2, -0.15) is 0 Å². The van der Waals surface area contributed by atoms with Gasteiger partial charge in [-0.15, -0.1) is 0 Å². The van der Waals surface area contributed by atoms with Gasteiger partial charge < -0.3 is 14.6 Å². The molecule has 4 aromatic rings. The van der Waals surface area contributed by atoms with Crippen molar-refractivity contribution < 1.29 is 9.50 Å². The molecule has 6 nitrogen and oxygen atoms in total. The predicted octanol–water partition coefficient (Wildman–Crippen LogP) is 4.36. The summed E-state index contributed by atoms with van der Waals surface area (Å²) in [6.45, 7) is 4.90. The number of rotatable bonds is 6. The molecule has 184 valence electrons. The average Bonchev–Trinajstić information content (AvgIpc) is 2.90. The van der Waals surface area contributed by atoms with Crippen molar-refractivity contribution in [3.05, 3.63) is 124 Å². The Morgan fingerprint density at radius 3 is 2.39 bits per heavy atom. The zero-order valence-corrected chi connectivity index (χ0v) is 20.2. The molecule has 1 N–H and O–H groups in total. The molecule has 1 saturated heterocycles. The number of para-hydroxylation sites is 1. The first-order valence-corrected chi connectivity index (χ1v) is 12.1. The highest BCUT2D eigenvalue weighted by molar-refractivity contribution is 5.47. The largest absolute Gasteiger partial charge is 0.507 e. The third-order valence-electron chi connectivity index (χ3n) is 6.81. The van der Waals surface area contributed by atoms with Crippen LogP contribution >= 0.6 is 0 Å². The summed E-state index contributed by atoms with van der Waals surface area (Å²) in [4.78, 5) is 22.7. The number of aromatic hydroxyl groups is 1. The molecule has 0 aliphatic carbocycles. The quantitative estimate of drug-likeness (QED) is 0.441. The molecule has 1 fully saturated rings. The third kappa shape index (κ3) is 4.88. The predicted molar refractivity (Wildman–Crippen MR) is 139 cm³/mol. The van der Waals surface area contributed by atoms with Crippen LogP contribution in [0.25, 0.3) is 0 Å². The van der Waals surface area contributed by atoms with Crippen LogP contribution in [0.2, 0.25) is 0 Å². The number of benzene rings is 2. The van der Waals surface area contributed by atoms with E-state index in [4.69, 9.17) is 0 Å². The zero-order chi connectivity index (χ0) is 25.1. The van der Waals surface area contributed by atoms with Crippen molar-refractivity contribution in [2.24, 2.45) is 0 Å². The lowest BCUT2D eigenvalue weighted by Gasteiger charge is -2.40. The van der Waals surface area contributed by atoms with Crippen LogP contribution in [0.3, 0.4) is 0 Å². The number of anilines is 1. The molecule has 3 heterocycles. The first-order valence-electron chi connectivity index (χ1n) is 12.1. The number of aromatic nitrogens is 2. The number of halogens is 1. The van der Waals surface area contributed by atoms with Gasteiger partial charge in [0, 0.05) is 43.8 Å². The van der Waals surface area contributed by atoms with Gasteiger partial charge in [0.05, 0.1) is 23.8 Å². The molecule has 0 bridgehead atoms. The normalized spacial score (nSPS) is 15.1. The Kier molecular flexibility index (Phi) is 6.82. The minimum absolute atomic E-state index is 0.0745. The van der Waals surface area contributed by atoms with Gasteiger partial charge in [-0.25, -0.2) is 4.39 Å². The van der Waals surface area contributed by atoms with Crippen LogP contribution in [0, 0.1) is 12.7 Å². The van der Waals surface area contributed by atoms with Crippen LogP contribution in [-0.4, -0.2) is 45.7 Å². The molecule has 2 aromatic heterocycles. The number of hydrogen-bond acceptors (Lipinski definition) is 5. The van der Waals surface area contributed by atoms with E-state index in [1.54, 1.807) is 29.8 Å². The van der Waals surface area contributed by atoms with Crippen LogP contribution in [-0.2, 0) is 6.54 Å². The fourth-order valence-electron chi connectivity index (χ4n) is 4.99. The zero-order valence-electron chi connectivity index (χ0n) is 20.2. The molecule has 0 spiro atoms.